The summed E-state index contributed by atoms with van der Waals surface area (Å²) in [7, 11) is 0. The van der Waals surface area contributed by atoms with E-state index in [-0.39, 0.29) is 11.6 Å². The summed E-state index contributed by atoms with van der Waals surface area (Å²) in [5, 5.41) is 0. The highest BCUT2D eigenvalue weighted by Gasteiger charge is 2.30. The van der Waals surface area contributed by atoms with Crippen LogP contribution in [0.1, 0.15) is 75.0 Å². The van der Waals surface area contributed by atoms with E-state index in [9.17, 15) is 4.79 Å². The van der Waals surface area contributed by atoms with Crippen molar-refractivity contribution in [2.75, 3.05) is 18.0 Å². The normalized spacial score (nSPS) is 20.9. The maximum atomic E-state index is 13.9. The van der Waals surface area contributed by atoms with E-state index in [4.69, 9.17) is 4.98 Å². The van der Waals surface area contributed by atoms with E-state index in [1.54, 1.807) is 0 Å². The lowest BCUT2D eigenvalue weighted by Crippen LogP contribution is -2.44. The molecule has 0 unspecified atom stereocenters. The van der Waals surface area contributed by atoms with Crippen LogP contribution in [0.4, 0.5) is 5.82 Å². The third kappa shape index (κ3) is 4.15. The molecule has 3 heterocycles. The molecular weight excluding hydrogens is 420 g/mol. The molecule has 2 fully saturated rings. The summed E-state index contributed by atoms with van der Waals surface area (Å²) in [4.78, 5) is 23.7. The first-order valence-electron chi connectivity index (χ1n) is 13.3. The van der Waals surface area contributed by atoms with Crippen LogP contribution in [0, 0.1) is 0 Å². The van der Waals surface area contributed by atoms with Gasteiger partial charge in [-0.15, -0.1) is 0 Å². The van der Waals surface area contributed by atoms with Gasteiger partial charge in [0.05, 0.1) is 11.0 Å². The Balaban J connectivity index is 1.28. The molecule has 6 rings (SSSR count). The number of rotatable bonds is 3. The molecule has 0 amide bonds. The Morgan fingerprint density at radius 2 is 1.32 bits per heavy atom. The molecule has 5 nitrogen and oxygen atoms in total. The Kier molecular flexibility index (Phi) is 6.13. The molecule has 2 aromatic carbocycles. The van der Waals surface area contributed by atoms with Crippen LogP contribution in [0.5, 0.6) is 0 Å². The molecule has 3 aliphatic rings. The number of hydrogen-bond acceptors (Lipinski definition) is 4. The van der Waals surface area contributed by atoms with E-state index >= 15 is 0 Å². The monoisotopic (exact) mass is 456 g/mol. The lowest BCUT2D eigenvalue weighted by molar-refractivity contribution is 0.116. The van der Waals surface area contributed by atoms with Gasteiger partial charge in [-0.1, -0.05) is 68.5 Å². The van der Waals surface area contributed by atoms with Gasteiger partial charge < -0.3 is 14.4 Å². The van der Waals surface area contributed by atoms with Crippen molar-refractivity contribution in [3.63, 3.8) is 0 Å². The molecule has 3 aromatic rings. The van der Waals surface area contributed by atoms with Gasteiger partial charge in [0.25, 0.3) is 5.56 Å². The van der Waals surface area contributed by atoms with Crippen LogP contribution in [0.3, 0.4) is 0 Å². The maximum Gasteiger partial charge on any atom is 0.294 e. The molecule has 0 atom stereocenters. The smallest absolute Gasteiger partial charge is 0.294 e. The SMILES string of the molecule is O=c1c(N2Cc3ccccc3C2)nc2ccccc2n1C1CCN(C2CCCCCCC2)CC1. The van der Waals surface area contributed by atoms with Crippen molar-refractivity contribution >= 4 is 16.9 Å². The number of anilines is 1. The lowest BCUT2D eigenvalue weighted by atomic mass is 9.93. The molecule has 1 saturated heterocycles. The largest absolute Gasteiger partial charge is 0.343 e. The number of likely N-dealkylation sites (tertiary alicyclic amines) is 1. The molecular formula is C29H36N4O. The predicted molar refractivity (Wildman–Crippen MR) is 138 cm³/mol. The summed E-state index contributed by atoms with van der Waals surface area (Å²) in [5.41, 5.74) is 4.59. The molecule has 0 N–H and O–H groups in total. The predicted octanol–water partition coefficient (Wildman–Crippen LogP) is 5.67. The van der Waals surface area contributed by atoms with Crippen molar-refractivity contribution in [1.82, 2.24) is 14.5 Å². The fourth-order valence-corrected chi connectivity index (χ4v) is 6.50. The number of hydrogen-bond donors (Lipinski definition) is 0. The van der Waals surface area contributed by atoms with Gasteiger partial charge in [-0.05, 0) is 48.9 Å². The van der Waals surface area contributed by atoms with E-state index in [0.717, 1.165) is 56.1 Å². The Morgan fingerprint density at radius 3 is 2.03 bits per heavy atom. The summed E-state index contributed by atoms with van der Waals surface area (Å²) in [6.07, 6.45) is 11.8. The van der Waals surface area contributed by atoms with Crippen molar-refractivity contribution in [2.45, 2.75) is 83.0 Å². The first-order valence-corrected chi connectivity index (χ1v) is 13.3. The fraction of sp³-hybridized carbons (Fsp3) is 0.517. The Bertz CT molecular complexity index is 1180. The molecule has 1 aliphatic carbocycles. The third-order valence-corrected chi connectivity index (χ3v) is 8.37. The van der Waals surface area contributed by atoms with Gasteiger partial charge in [0.15, 0.2) is 5.82 Å². The zero-order valence-electron chi connectivity index (χ0n) is 20.2. The van der Waals surface area contributed by atoms with Crippen LogP contribution < -0.4 is 10.5 Å². The molecule has 1 saturated carbocycles. The van der Waals surface area contributed by atoms with Gasteiger partial charge >= 0.3 is 0 Å². The second kappa shape index (κ2) is 9.53. The summed E-state index contributed by atoms with van der Waals surface area (Å²) in [5.74, 6) is 0.609. The first-order chi connectivity index (χ1) is 16.8. The zero-order valence-corrected chi connectivity index (χ0v) is 20.2. The second-order valence-corrected chi connectivity index (χ2v) is 10.5. The van der Waals surface area contributed by atoms with Crippen molar-refractivity contribution in [3.05, 3.63) is 70.0 Å². The highest BCUT2D eigenvalue weighted by Crippen LogP contribution is 2.31. The summed E-state index contributed by atoms with van der Waals surface area (Å²) < 4.78 is 2.09. The average molecular weight is 457 g/mol. The van der Waals surface area contributed by atoms with Crippen LogP contribution in [0.2, 0.25) is 0 Å². The van der Waals surface area contributed by atoms with Crippen LogP contribution in [0.15, 0.2) is 53.3 Å². The van der Waals surface area contributed by atoms with Crippen molar-refractivity contribution in [1.29, 1.82) is 0 Å². The van der Waals surface area contributed by atoms with Gasteiger partial charge in [-0.3, -0.25) is 4.79 Å². The first kappa shape index (κ1) is 21.8. The quantitative estimate of drug-likeness (QED) is 0.509. The fourth-order valence-electron chi connectivity index (χ4n) is 6.50. The molecule has 0 radical (unpaired) electrons. The minimum Gasteiger partial charge on any atom is -0.343 e. The summed E-state index contributed by atoms with van der Waals surface area (Å²) >= 11 is 0. The van der Waals surface area contributed by atoms with E-state index in [1.165, 1.54) is 56.1 Å². The van der Waals surface area contributed by atoms with Crippen LogP contribution in [-0.4, -0.2) is 33.6 Å². The number of fused-ring (bicyclic) bond motifs is 2. The van der Waals surface area contributed by atoms with Gasteiger partial charge in [0, 0.05) is 38.3 Å². The molecule has 2 aliphatic heterocycles. The number of aromatic nitrogens is 2. The van der Waals surface area contributed by atoms with Crippen LogP contribution >= 0.6 is 0 Å². The van der Waals surface area contributed by atoms with E-state index in [2.05, 4.69) is 50.8 Å². The van der Waals surface area contributed by atoms with Gasteiger partial charge in [-0.25, -0.2) is 4.98 Å². The Morgan fingerprint density at radius 1 is 0.706 bits per heavy atom. The van der Waals surface area contributed by atoms with Crippen LogP contribution in [0.25, 0.3) is 11.0 Å². The van der Waals surface area contributed by atoms with Crippen molar-refractivity contribution in [3.8, 4) is 0 Å². The number of piperidine rings is 1. The van der Waals surface area contributed by atoms with Crippen molar-refractivity contribution in [2.24, 2.45) is 0 Å². The van der Waals surface area contributed by atoms with E-state index < -0.39 is 0 Å². The highest BCUT2D eigenvalue weighted by atomic mass is 16.1. The molecule has 34 heavy (non-hydrogen) atoms. The number of para-hydroxylation sites is 2. The molecule has 0 spiro atoms. The summed E-state index contributed by atoms with van der Waals surface area (Å²) in [6.45, 7) is 3.72. The molecule has 0 bridgehead atoms. The number of nitrogens with zero attached hydrogens (tertiary/aromatic N) is 4. The Labute approximate surface area is 202 Å². The zero-order chi connectivity index (χ0) is 22.9. The second-order valence-electron chi connectivity index (χ2n) is 10.5. The lowest BCUT2D eigenvalue weighted by Gasteiger charge is -2.39. The van der Waals surface area contributed by atoms with Crippen LogP contribution in [-0.2, 0) is 13.1 Å². The topological polar surface area (TPSA) is 41.4 Å². The van der Waals surface area contributed by atoms with Crippen molar-refractivity contribution < 1.29 is 0 Å². The van der Waals surface area contributed by atoms with Gasteiger partial charge in [-0.2, -0.15) is 0 Å². The average Bonchev–Trinajstić information content (AvgIpc) is 3.28. The Hall–Kier alpha value is -2.66. The maximum absolute atomic E-state index is 13.9. The molecule has 5 heteroatoms. The van der Waals surface area contributed by atoms with E-state index in [1.807, 2.05) is 12.1 Å². The molecule has 1 aromatic heterocycles. The number of benzene rings is 2. The van der Waals surface area contributed by atoms with Gasteiger partial charge in [0.1, 0.15) is 0 Å². The summed E-state index contributed by atoms with van der Waals surface area (Å²) in [6, 6.07) is 17.7. The minimum absolute atomic E-state index is 0.0795. The molecule has 178 valence electrons. The van der Waals surface area contributed by atoms with E-state index in [0.29, 0.717) is 5.82 Å². The standard InChI is InChI=1S/C29H36N4O/c34-29-28(32-20-22-10-6-7-11-23(22)21-32)30-26-14-8-9-15-27(26)33(29)25-16-18-31(19-17-25)24-12-4-2-1-3-5-13-24/h6-11,14-15,24-25H,1-5,12-13,16-21H2. The third-order valence-electron chi connectivity index (χ3n) is 8.37. The highest BCUT2D eigenvalue weighted by molar-refractivity contribution is 5.76. The minimum atomic E-state index is 0.0795. The van der Waals surface area contributed by atoms with Gasteiger partial charge in [0.2, 0.25) is 0 Å².